The lowest BCUT2D eigenvalue weighted by Crippen LogP contribution is -2.24. The Balaban J connectivity index is 1.95. The molecule has 2 aromatic rings. The average molecular weight is 250 g/mol. The third-order valence-electron chi connectivity index (χ3n) is 2.34. The number of amides is 1. The predicted octanol–water partition coefficient (Wildman–Crippen LogP) is 0.550. The number of nitrogens with one attached hydrogen (secondary N) is 2. The summed E-state index contributed by atoms with van der Waals surface area (Å²) in [7, 11) is 0. The minimum absolute atomic E-state index is 0.171. The maximum atomic E-state index is 11.7. The molecule has 0 saturated carbocycles. The van der Waals surface area contributed by atoms with Gasteiger partial charge in [-0.3, -0.25) is 4.79 Å². The summed E-state index contributed by atoms with van der Waals surface area (Å²) in [5, 5.41) is 16.3. The lowest BCUT2D eigenvalue weighted by molar-refractivity contribution is 0.0940. The summed E-state index contributed by atoms with van der Waals surface area (Å²) in [6.45, 7) is 5.80. The van der Waals surface area contributed by atoms with E-state index in [1.807, 2.05) is 13.8 Å². The van der Waals surface area contributed by atoms with Crippen molar-refractivity contribution in [3.05, 3.63) is 23.1 Å². The maximum Gasteiger partial charge on any atom is 0.274 e. The fourth-order valence-corrected chi connectivity index (χ4v) is 1.31. The zero-order valence-corrected chi connectivity index (χ0v) is 10.4. The van der Waals surface area contributed by atoms with Crippen molar-refractivity contribution in [3.63, 3.8) is 0 Å². The molecule has 96 valence electrons. The van der Waals surface area contributed by atoms with E-state index in [1.165, 1.54) is 0 Å². The fourth-order valence-electron chi connectivity index (χ4n) is 1.31. The highest BCUT2D eigenvalue weighted by Gasteiger charge is 2.15. The molecule has 0 bridgehead atoms. The standard InChI is InChI=1S/C10H14N6O2/c1-5(2)9-12-7(18-15-9)4-11-10(17)8-6(3)13-16-14-8/h5H,4H2,1-3H3,(H,11,17)(H,13,14,16). The van der Waals surface area contributed by atoms with Gasteiger partial charge in [0.2, 0.25) is 5.89 Å². The minimum atomic E-state index is -0.328. The molecular formula is C10H14N6O2. The number of aryl methyl sites for hydroxylation is 1. The van der Waals surface area contributed by atoms with Gasteiger partial charge in [-0.15, -0.1) is 0 Å². The summed E-state index contributed by atoms with van der Waals surface area (Å²) in [6, 6.07) is 0. The number of carbonyl (C=O) groups is 1. The van der Waals surface area contributed by atoms with Gasteiger partial charge in [-0.2, -0.15) is 20.4 Å². The van der Waals surface area contributed by atoms with Crippen molar-refractivity contribution < 1.29 is 9.32 Å². The lowest BCUT2D eigenvalue weighted by Gasteiger charge is -1.98. The molecule has 0 atom stereocenters. The van der Waals surface area contributed by atoms with Crippen LogP contribution in [0.1, 0.15) is 47.7 Å². The fraction of sp³-hybridized carbons (Fsp3) is 0.500. The monoisotopic (exact) mass is 250 g/mol. The van der Waals surface area contributed by atoms with Crippen LogP contribution in [0.3, 0.4) is 0 Å². The second-order valence-corrected chi connectivity index (χ2v) is 4.14. The first kappa shape index (κ1) is 12.2. The summed E-state index contributed by atoms with van der Waals surface area (Å²) in [6.07, 6.45) is 0. The number of aromatic amines is 1. The molecule has 0 fully saturated rings. The molecule has 0 aliphatic rings. The third kappa shape index (κ3) is 2.53. The van der Waals surface area contributed by atoms with E-state index >= 15 is 0 Å². The molecule has 0 aliphatic heterocycles. The van der Waals surface area contributed by atoms with Gasteiger partial charge in [0.25, 0.3) is 5.91 Å². The normalized spacial score (nSPS) is 10.9. The molecule has 2 aromatic heterocycles. The SMILES string of the molecule is Cc1n[nH]nc1C(=O)NCc1nc(C(C)C)no1. The van der Waals surface area contributed by atoms with E-state index in [-0.39, 0.29) is 24.1 Å². The molecule has 0 aromatic carbocycles. The molecule has 0 spiro atoms. The van der Waals surface area contributed by atoms with Gasteiger partial charge in [0, 0.05) is 5.92 Å². The van der Waals surface area contributed by atoms with Crippen molar-refractivity contribution >= 4 is 5.91 Å². The number of nitrogens with zero attached hydrogens (tertiary/aromatic N) is 4. The van der Waals surface area contributed by atoms with Crippen LogP contribution in [-0.4, -0.2) is 31.5 Å². The van der Waals surface area contributed by atoms with Crippen molar-refractivity contribution in [3.8, 4) is 0 Å². The molecule has 2 heterocycles. The first-order valence-corrected chi connectivity index (χ1v) is 5.56. The second-order valence-electron chi connectivity index (χ2n) is 4.14. The Morgan fingerprint density at radius 3 is 2.78 bits per heavy atom. The number of hydrogen-bond acceptors (Lipinski definition) is 6. The van der Waals surface area contributed by atoms with Crippen LogP contribution in [-0.2, 0) is 6.54 Å². The summed E-state index contributed by atoms with van der Waals surface area (Å²) in [4.78, 5) is 15.9. The maximum absolute atomic E-state index is 11.7. The van der Waals surface area contributed by atoms with E-state index in [4.69, 9.17) is 4.52 Å². The van der Waals surface area contributed by atoms with Crippen LogP contribution < -0.4 is 5.32 Å². The Hall–Kier alpha value is -2.25. The summed E-state index contributed by atoms with van der Waals surface area (Å²) < 4.78 is 5.00. The van der Waals surface area contributed by atoms with Crippen LogP contribution in [0.15, 0.2) is 4.52 Å². The second kappa shape index (κ2) is 4.94. The third-order valence-corrected chi connectivity index (χ3v) is 2.34. The van der Waals surface area contributed by atoms with Gasteiger partial charge in [-0.05, 0) is 6.92 Å². The summed E-state index contributed by atoms with van der Waals surface area (Å²) in [5.41, 5.74) is 0.805. The van der Waals surface area contributed by atoms with E-state index < -0.39 is 0 Å². The molecule has 1 amide bonds. The topological polar surface area (TPSA) is 110 Å². The Bertz CT molecular complexity index is 544. The average Bonchev–Trinajstić information content (AvgIpc) is 2.94. The van der Waals surface area contributed by atoms with Crippen LogP contribution in [0.5, 0.6) is 0 Å². The van der Waals surface area contributed by atoms with E-state index in [0.29, 0.717) is 17.4 Å². The summed E-state index contributed by atoms with van der Waals surface area (Å²) >= 11 is 0. The smallest absolute Gasteiger partial charge is 0.274 e. The van der Waals surface area contributed by atoms with Crippen LogP contribution in [0.4, 0.5) is 0 Å². The first-order valence-electron chi connectivity index (χ1n) is 5.56. The number of carbonyl (C=O) groups excluding carboxylic acids is 1. The predicted molar refractivity (Wildman–Crippen MR) is 60.7 cm³/mol. The van der Waals surface area contributed by atoms with E-state index in [1.54, 1.807) is 6.92 Å². The number of H-pyrrole nitrogens is 1. The zero-order valence-electron chi connectivity index (χ0n) is 10.4. The van der Waals surface area contributed by atoms with Gasteiger partial charge >= 0.3 is 0 Å². The Morgan fingerprint density at radius 1 is 1.44 bits per heavy atom. The Labute approximate surface area is 103 Å². The molecule has 8 heteroatoms. The lowest BCUT2D eigenvalue weighted by atomic mass is 10.2. The largest absolute Gasteiger partial charge is 0.341 e. The number of hydrogen-bond donors (Lipinski definition) is 2. The van der Waals surface area contributed by atoms with Crippen molar-refractivity contribution in [1.29, 1.82) is 0 Å². The molecule has 8 nitrogen and oxygen atoms in total. The molecule has 2 N–H and O–H groups in total. The van der Waals surface area contributed by atoms with Gasteiger partial charge in [-0.1, -0.05) is 19.0 Å². The first-order chi connectivity index (χ1) is 8.58. The van der Waals surface area contributed by atoms with Gasteiger partial charge in [0.1, 0.15) is 0 Å². The van der Waals surface area contributed by atoms with Gasteiger partial charge < -0.3 is 9.84 Å². The highest BCUT2D eigenvalue weighted by molar-refractivity contribution is 5.92. The highest BCUT2D eigenvalue weighted by atomic mass is 16.5. The van der Waals surface area contributed by atoms with E-state index in [2.05, 4.69) is 30.9 Å². The Morgan fingerprint density at radius 2 is 2.22 bits per heavy atom. The number of rotatable bonds is 4. The van der Waals surface area contributed by atoms with E-state index in [0.717, 1.165) is 0 Å². The molecule has 0 unspecified atom stereocenters. The summed E-state index contributed by atoms with van der Waals surface area (Å²) in [5.74, 6) is 0.853. The molecule has 0 radical (unpaired) electrons. The quantitative estimate of drug-likeness (QED) is 0.820. The van der Waals surface area contributed by atoms with Crippen LogP contribution in [0.2, 0.25) is 0 Å². The van der Waals surface area contributed by atoms with E-state index in [9.17, 15) is 4.79 Å². The molecule has 0 saturated heterocycles. The van der Waals surface area contributed by atoms with Crippen molar-refractivity contribution in [2.45, 2.75) is 33.2 Å². The zero-order chi connectivity index (χ0) is 13.1. The highest BCUT2D eigenvalue weighted by Crippen LogP contribution is 2.09. The van der Waals surface area contributed by atoms with Crippen molar-refractivity contribution in [2.24, 2.45) is 0 Å². The number of aromatic nitrogens is 5. The van der Waals surface area contributed by atoms with Gasteiger partial charge in [-0.25, -0.2) is 0 Å². The molecule has 0 aliphatic carbocycles. The minimum Gasteiger partial charge on any atom is -0.341 e. The van der Waals surface area contributed by atoms with Crippen molar-refractivity contribution in [1.82, 2.24) is 30.9 Å². The Kier molecular flexibility index (Phi) is 3.35. The molecule has 2 rings (SSSR count). The molecule has 18 heavy (non-hydrogen) atoms. The van der Waals surface area contributed by atoms with Gasteiger partial charge in [0.15, 0.2) is 11.5 Å². The van der Waals surface area contributed by atoms with Crippen molar-refractivity contribution in [2.75, 3.05) is 0 Å². The van der Waals surface area contributed by atoms with Gasteiger partial charge in [0.05, 0.1) is 12.2 Å². The van der Waals surface area contributed by atoms with Crippen LogP contribution in [0, 0.1) is 6.92 Å². The van der Waals surface area contributed by atoms with Crippen LogP contribution in [0.25, 0.3) is 0 Å². The molecular weight excluding hydrogens is 236 g/mol. The van der Waals surface area contributed by atoms with Crippen LogP contribution >= 0.6 is 0 Å².